The Bertz CT molecular complexity index is 651. The Hall–Kier alpha value is -1.85. The summed E-state index contributed by atoms with van der Waals surface area (Å²) in [4.78, 5) is -0.00801. The first kappa shape index (κ1) is 12.6. The lowest BCUT2D eigenvalue weighted by Crippen LogP contribution is -2.13. The van der Waals surface area contributed by atoms with Crippen molar-refractivity contribution in [2.45, 2.75) is 4.90 Å². The molecule has 5 heteroatoms. The van der Waals surface area contributed by atoms with Gasteiger partial charge < -0.3 is 4.74 Å². The van der Waals surface area contributed by atoms with Gasteiger partial charge in [0.05, 0.1) is 7.11 Å². The van der Waals surface area contributed by atoms with Gasteiger partial charge in [0.1, 0.15) is 10.6 Å². The Morgan fingerprint density at radius 1 is 1.00 bits per heavy atom. The molecular weight excluding hydrogens is 250 g/mol. The molecule has 0 saturated carbocycles. The number of nitrogens with two attached hydrogens (primary N) is 1. The van der Waals surface area contributed by atoms with Gasteiger partial charge in [0.25, 0.3) is 0 Å². The summed E-state index contributed by atoms with van der Waals surface area (Å²) in [5, 5.41) is 5.17. The topological polar surface area (TPSA) is 69.4 Å². The summed E-state index contributed by atoms with van der Waals surface area (Å²) in [6, 6.07) is 14.4. The number of ether oxygens (including phenoxy) is 1. The predicted molar refractivity (Wildman–Crippen MR) is 69.8 cm³/mol. The molecule has 0 amide bonds. The molecule has 2 rings (SSSR count). The highest BCUT2D eigenvalue weighted by atomic mass is 32.2. The maximum Gasteiger partial charge on any atom is 0.241 e. The average Bonchev–Trinajstić information content (AvgIpc) is 2.38. The zero-order valence-electron chi connectivity index (χ0n) is 9.83. The van der Waals surface area contributed by atoms with Crippen LogP contribution in [-0.2, 0) is 10.0 Å². The average molecular weight is 263 g/mol. The van der Waals surface area contributed by atoms with Crippen LogP contribution < -0.4 is 9.88 Å². The first-order chi connectivity index (χ1) is 8.52. The minimum atomic E-state index is -3.80. The summed E-state index contributed by atoms with van der Waals surface area (Å²) in [5.74, 6) is 0.247. The highest BCUT2D eigenvalue weighted by Gasteiger charge is 2.15. The van der Waals surface area contributed by atoms with Crippen molar-refractivity contribution in [2.24, 2.45) is 5.14 Å². The minimum absolute atomic E-state index is 0.00801. The van der Waals surface area contributed by atoms with Crippen molar-refractivity contribution in [3.63, 3.8) is 0 Å². The van der Waals surface area contributed by atoms with E-state index < -0.39 is 10.0 Å². The second-order valence-corrected chi connectivity index (χ2v) is 5.31. The molecular formula is C13H13NO3S. The normalized spacial score (nSPS) is 11.2. The maximum atomic E-state index is 11.5. The van der Waals surface area contributed by atoms with E-state index in [4.69, 9.17) is 9.88 Å². The molecule has 94 valence electrons. The zero-order chi connectivity index (χ0) is 13.2. The Kier molecular flexibility index (Phi) is 3.36. The van der Waals surface area contributed by atoms with Crippen molar-refractivity contribution in [1.82, 2.24) is 0 Å². The molecule has 0 heterocycles. The van der Waals surface area contributed by atoms with Crippen LogP contribution in [0.5, 0.6) is 5.75 Å². The number of hydrogen-bond donors (Lipinski definition) is 1. The molecule has 2 aromatic carbocycles. The van der Waals surface area contributed by atoms with Crippen molar-refractivity contribution in [2.75, 3.05) is 7.11 Å². The maximum absolute atomic E-state index is 11.5. The summed E-state index contributed by atoms with van der Waals surface area (Å²) >= 11 is 0. The second-order valence-electron chi connectivity index (χ2n) is 3.78. The van der Waals surface area contributed by atoms with E-state index >= 15 is 0 Å². The Labute approximate surface area is 106 Å². The fourth-order valence-corrected chi connectivity index (χ4v) is 2.43. The predicted octanol–water partition coefficient (Wildman–Crippen LogP) is 2.01. The van der Waals surface area contributed by atoms with Gasteiger partial charge in [0.15, 0.2) is 0 Å². The van der Waals surface area contributed by atoms with E-state index in [1.165, 1.54) is 13.2 Å². The van der Waals surface area contributed by atoms with Gasteiger partial charge in [-0.15, -0.1) is 0 Å². The molecule has 2 aromatic rings. The quantitative estimate of drug-likeness (QED) is 0.921. The van der Waals surface area contributed by atoms with Gasteiger partial charge in [-0.1, -0.05) is 36.4 Å². The van der Waals surface area contributed by atoms with Gasteiger partial charge in [-0.2, -0.15) is 0 Å². The van der Waals surface area contributed by atoms with E-state index in [-0.39, 0.29) is 10.6 Å². The fraction of sp³-hybridized carbons (Fsp3) is 0.0769. The van der Waals surface area contributed by atoms with Crippen LogP contribution in [0.25, 0.3) is 11.1 Å². The fourth-order valence-electron chi connectivity index (χ4n) is 1.71. The smallest absolute Gasteiger partial charge is 0.241 e. The lowest BCUT2D eigenvalue weighted by Gasteiger charge is -2.09. The molecule has 18 heavy (non-hydrogen) atoms. The number of rotatable bonds is 3. The van der Waals surface area contributed by atoms with Gasteiger partial charge in [0.2, 0.25) is 10.0 Å². The highest BCUT2D eigenvalue weighted by Crippen LogP contribution is 2.28. The van der Waals surface area contributed by atoms with Crippen LogP contribution in [0.4, 0.5) is 0 Å². The molecule has 4 nitrogen and oxygen atoms in total. The standard InChI is InChI=1S/C13H13NO3S/c1-17-12-8-7-11(9-13(12)18(14,15)16)10-5-3-2-4-6-10/h2-9H,1H3,(H2,14,15,16). The van der Waals surface area contributed by atoms with Gasteiger partial charge >= 0.3 is 0 Å². The third-order valence-electron chi connectivity index (χ3n) is 2.58. The third-order valence-corrected chi connectivity index (χ3v) is 3.51. The van der Waals surface area contributed by atoms with Crippen LogP contribution in [0.1, 0.15) is 0 Å². The van der Waals surface area contributed by atoms with Crippen molar-refractivity contribution in [3.8, 4) is 16.9 Å². The summed E-state index contributed by atoms with van der Waals surface area (Å²) in [7, 11) is -2.39. The molecule has 0 aliphatic heterocycles. The van der Waals surface area contributed by atoms with E-state index in [2.05, 4.69) is 0 Å². The molecule has 0 aliphatic carbocycles. The lowest BCUT2D eigenvalue weighted by molar-refractivity contribution is 0.403. The molecule has 0 atom stereocenters. The number of benzene rings is 2. The number of primary sulfonamides is 1. The van der Waals surface area contributed by atoms with Crippen molar-refractivity contribution >= 4 is 10.0 Å². The van der Waals surface area contributed by atoms with Gasteiger partial charge in [0, 0.05) is 0 Å². The zero-order valence-corrected chi connectivity index (χ0v) is 10.6. The van der Waals surface area contributed by atoms with Crippen LogP contribution >= 0.6 is 0 Å². The van der Waals surface area contributed by atoms with Crippen LogP contribution in [-0.4, -0.2) is 15.5 Å². The molecule has 0 saturated heterocycles. The molecule has 0 aromatic heterocycles. The van der Waals surface area contributed by atoms with Crippen molar-refractivity contribution in [1.29, 1.82) is 0 Å². The van der Waals surface area contributed by atoms with Crippen LogP contribution in [0.2, 0.25) is 0 Å². The summed E-state index contributed by atoms with van der Waals surface area (Å²) in [6.45, 7) is 0. The van der Waals surface area contributed by atoms with Crippen molar-refractivity contribution < 1.29 is 13.2 Å². The number of sulfonamides is 1. The summed E-state index contributed by atoms with van der Waals surface area (Å²) in [5.41, 5.74) is 1.70. The lowest BCUT2D eigenvalue weighted by atomic mass is 10.1. The first-order valence-electron chi connectivity index (χ1n) is 5.28. The molecule has 0 bridgehead atoms. The third kappa shape index (κ3) is 2.52. The Morgan fingerprint density at radius 2 is 1.67 bits per heavy atom. The van der Waals surface area contributed by atoms with Gasteiger partial charge in [-0.05, 0) is 23.3 Å². The van der Waals surface area contributed by atoms with E-state index in [0.717, 1.165) is 11.1 Å². The molecule has 2 N–H and O–H groups in total. The van der Waals surface area contributed by atoms with Crippen LogP contribution in [0.15, 0.2) is 53.4 Å². The van der Waals surface area contributed by atoms with Crippen LogP contribution in [0.3, 0.4) is 0 Å². The Morgan fingerprint density at radius 3 is 2.22 bits per heavy atom. The second kappa shape index (κ2) is 4.80. The van der Waals surface area contributed by atoms with Gasteiger partial charge in [-0.25, -0.2) is 13.6 Å². The molecule has 0 radical (unpaired) electrons. The first-order valence-corrected chi connectivity index (χ1v) is 6.83. The largest absolute Gasteiger partial charge is 0.495 e. The Balaban J connectivity index is 2.61. The molecule has 0 fully saturated rings. The van der Waals surface area contributed by atoms with E-state index in [1.54, 1.807) is 12.1 Å². The van der Waals surface area contributed by atoms with Crippen molar-refractivity contribution in [3.05, 3.63) is 48.5 Å². The summed E-state index contributed by atoms with van der Waals surface area (Å²) in [6.07, 6.45) is 0. The monoisotopic (exact) mass is 263 g/mol. The molecule has 0 unspecified atom stereocenters. The van der Waals surface area contributed by atoms with E-state index in [0.29, 0.717) is 0 Å². The molecule has 0 spiro atoms. The minimum Gasteiger partial charge on any atom is -0.495 e. The van der Waals surface area contributed by atoms with Gasteiger partial charge in [-0.3, -0.25) is 0 Å². The molecule has 0 aliphatic rings. The SMILES string of the molecule is COc1ccc(-c2ccccc2)cc1S(N)(=O)=O. The number of hydrogen-bond acceptors (Lipinski definition) is 3. The van der Waals surface area contributed by atoms with E-state index in [1.807, 2.05) is 30.3 Å². The number of methoxy groups -OCH3 is 1. The summed E-state index contributed by atoms with van der Waals surface area (Å²) < 4.78 is 28.0. The van der Waals surface area contributed by atoms with Crippen LogP contribution in [0, 0.1) is 0 Å². The van der Waals surface area contributed by atoms with E-state index in [9.17, 15) is 8.42 Å². The highest BCUT2D eigenvalue weighted by molar-refractivity contribution is 7.89.